The maximum atomic E-state index is 12.0. The number of hydrogen-bond acceptors (Lipinski definition) is 2. The van der Waals surface area contributed by atoms with Crippen LogP contribution in [0.25, 0.3) is 0 Å². The molecule has 0 radical (unpaired) electrons. The van der Waals surface area contributed by atoms with Crippen LogP contribution in [0.2, 0.25) is 0 Å². The maximum absolute atomic E-state index is 12.0. The van der Waals surface area contributed by atoms with Gasteiger partial charge in [0.2, 0.25) is 0 Å². The molecule has 1 unspecified atom stereocenters. The fourth-order valence-corrected chi connectivity index (χ4v) is 3.96. The third kappa shape index (κ3) is 33.0. The van der Waals surface area contributed by atoms with Gasteiger partial charge in [-0.25, -0.2) is 0 Å². The quantitative estimate of drug-likeness (QED) is 0.132. The molecule has 1 rings (SSSR count). The van der Waals surface area contributed by atoms with Crippen LogP contribution in [0, 0.1) is 0 Å². The van der Waals surface area contributed by atoms with E-state index >= 15 is 0 Å². The van der Waals surface area contributed by atoms with Crippen molar-refractivity contribution in [3.63, 3.8) is 0 Å². The standard InChI is InChI=1S/C28H49FO2.3C2H6/c1-2-20-28(31-25-27-21-16-15-17-22-27)26-30-24-19-14-12-10-8-6-4-3-5-7-9-11-13-18-23-29;3*1-2/h15-17,21-22,28H,2-14,18-20,23-26H2,1H3;3*1-2H3. The molecule has 222 valence electrons. The number of benzene rings is 1. The van der Waals surface area contributed by atoms with E-state index in [4.69, 9.17) is 9.47 Å². The summed E-state index contributed by atoms with van der Waals surface area (Å²) in [6.07, 6.45) is 20.1. The first-order chi connectivity index (χ1) is 18.4. The van der Waals surface area contributed by atoms with Crippen molar-refractivity contribution in [1.82, 2.24) is 0 Å². The smallest absolute Gasteiger partial charge is 0.0894 e. The highest BCUT2D eigenvalue weighted by Gasteiger charge is 2.08. The van der Waals surface area contributed by atoms with Crippen molar-refractivity contribution in [3.8, 4) is 0 Å². The summed E-state index contributed by atoms with van der Waals surface area (Å²) in [4.78, 5) is 0. The second kappa shape index (κ2) is 39.6. The van der Waals surface area contributed by atoms with Crippen molar-refractivity contribution in [2.75, 3.05) is 19.9 Å². The number of alkyl halides is 1. The molecule has 0 saturated heterocycles. The molecule has 0 aliphatic heterocycles. The highest BCUT2D eigenvalue weighted by atomic mass is 19.1. The molecule has 0 bridgehead atoms. The van der Waals surface area contributed by atoms with Crippen molar-refractivity contribution in [2.24, 2.45) is 0 Å². The topological polar surface area (TPSA) is 18.5 Å². The van der Waals surface area contributed by atoms with Crippen LogP contribution in [0.15, 0.2) is 30.3 Å². The van der Waals surface area contributed by atoms with Gasteiger partial charge < -0.3 is 9.47 Å². The Morgan fingerprint density at radius 2 is 1.05 bits per heavy atom. The second-order valence-electron chi connectivity index (χ2n) is 8.92. The Labute approximate surface area is 233 Å². The Kier molecular flexibility index (Phi) is 43.4. The van der Waals surface area contributed by atoms with E-state index in [1.54, 1.807) is 0 Å². The van der Waals surface area contributed by atoms with Crippen molar-refractivity contribution in [2.45, 2.75) is 164 Å². The third-order valence-electron chi connectivity index (χ3n) is 5.92. The van der Waals surface area contributed by atoms with Gasteiger partial charge in [0.25, 0.3) is 0 Å². The zero-order chi connectivity index (χ0) is 28.2. The summed E-state index contributed by atoms with van der Waals surface area (Å²) in [5.74, 6) is 0. The van der Waals surface area contributed by atoms with Gasteiger partial charge in [-0.3, -0.25) is 4.39 Å². The first kappa shape index (κ1) is 40.6. The SMILES string of the molecule is CC.CC.CC.CCCC(COCCCCCCCCCCCCCCCCF)OCc1ccccc1. The van der Waals surface area contributed by atoms with Crippen LogP contribution in [-0.2, 0) is 16.1 Å². The Hall–Kier alpha value is -0.930. The second-order valence-corrected chi connectivity index (χ2v) is 8.92. The van der Waals surface area contributed by atoms with E-state index in [0.29, 0.717) is 6.61 Å². The van der Waals surface area contributed by atoms with Gasteiger partial charge in [0, 0.05) is 6.61 Å². The van der Waals surface area contributed by atoms with E-state index in [1.807, 2.05) is 47.6 Å². The van der Waals surface area contributed by atoms with E-state index in [0.717, 1.165) is 38.9 Å². The molecule has 1 atom stereocenters. The molecule has 0 saturated carbocycles. The highest BCUT2D eigenvalue weighted by molar-refractivity contribution is 5.13. The number of unbranched alkanes of at least 4 members (excludes halogenated alkanes) is 13. The number of halogens is 1. The van der Waals surface area contributed by atoms with Crippen LogP contribution in [0.1, 0.15) is 157 Å². The van der Waals surface area contributed by atoms with E-state index in [9.17, 15) is 4.39 Å². The van der Waals surface area contributed by atoms with E-state index in [2.05, 4.69) is 31.2 Å². The Bertz CT molecular complexity index is 466. The molecular weight excluding hydrogens is 459 g/mol. The van der Waals surface area contributed by atoms with Crippen molar-refractivity contribution < 1.29 is 13.9 Å². The van der Waals surface area contributed by atoms with Crippen LogP contribution in [0.3, 0.4) is 0 Å². The lowest BCUT2D eigenvalue weighted by atomic mass is 10.0. The monoisotopic (exact) mass is 527 g/mol. The molecule has 0 N–H and O–H groups in total. The summed E-state index contributed by atoms with van der Waals surface area (Å²) in [7, 11) is 0. The van der Waals surface area contributed by atoms with Crippen LogP contribution in [0.4, 0.5) is 4.39 Å². The first-order valence-corrected chi connectivity index (χ1v) is 16.2. The van der Waals surface area contributed by atoms with Crippen LogP contribution in [0.5, 0.6) is 0 Å². The fraction of sp³-hybridized carbons (Fsp3) is 0.824. The molecular formula is C34H67FO2. The average molecular weight is 527 g/mol. The molecule has 0 heterocycles. The van der Waals surface area contributed by atoms with Crippen LogP contribution in [-0.4, -0.2) is 26.0 Å². The largest absolute Gasteiger partial charge is 0.379 e. The fourth-order valence-electron chi connectivity index (χ4n) is 3.96. The first-order valence-electron chi connectivity index (χ1n) is 16.2. The minimum atomic E-state index is -0.142. The Balaban J connectivity index is -0.00000179. The Morgan fingerprint density at radius 1 is 0.622 bits per heavy atom. The van der Waals surface area contributed by atoms with Crippen LogP contribution >= 0.6 is 0 Å². The number of rotatable bonds is 23. The molecule has 0 aliphatic rings. The molecule has 0 fully saturated rings. The van der Waals surface area contributed by atoms with E-state index in [-0.39, 0.29) is 12.8 Å². The lowest BCUT2D eigenvalue weighted by molar-refractivity contribution is -0.0295. The van der Waals surface area contributed by atoms with Gasteiger partial charge >= 0.3 is 0 Å². The average Bonchev–Trinajstić information content (AvgIpc) is 2.97. The molecule has 0 amide bonds. The van der Waals surface area contributed by atoms with Gasteiger partial charge in [-0.15, -0.1) is 0 Å². The van der Waals surface area contributed by atoms with Crippen molar-refractivity contribution >= 4 is 0 Å². The summed E-state index contributed by atoms with van der Waals surface area (Å²) in [6.45, 7) is 16.3. The van der Waals surface area contributed by atoms with Crippen molar-refractivity contribution in [3.05, 3.63) is 35.9 Å². The summed E-state index contributed by atoms with van der Waals surface area (Å²) in [5, 5.41) is 0. The van der Waals surface area contributed by atoms with Gasteiger partial charge in [-0.05, 0) is 24.8 Å². The zero-order valence-corrected chi connectivity index (χ0v) is 26.3. The Morgan fingerprint density at radius 3 is 1.49 bits per heavy atom. The molecule has 0 aliphatic carbocycles. The van der Waals surface area contributed by atoms with Gasteiger partial charge in [0.1, 0.15) is 0 Å². The van der Waals surface area contributed by atoms with Gasteiger partial charge in [0.05, 0.1) is 26.0 Å². The van der Waals surface area contributed by atoms with Gasteiger partial charge in [0.15, 0.2) is 0 Å². The summed E-state index contributed by atoms with van der Waals surface area (Å²) in [6, 6.07) is 10.4. The van der Waals surface area contributed by atoms with Gasteiger partial charge in [-0.1, -0.05) is 162 Å². The summed E-state index contributed by atoms with van der Waals surface area (Å²) in [5.41, 5.74) is 1.23. The molecule has 1 aromatic carbocycles. The predicted molar refractivity (Wildman–Crippen MR) is 165 cm³/mol. The third-order valence-corrected chi connectivity index (χ3v) is 5.92. The summed E-state index contributed by atoms with van der Waals surface area (Å²) < 4.78 is 24.0. The predicted octanol–water partition coefficient (Wildman–Crippen LogP) is 11.9. The molecule has 0 spiro atoms. The highest BCUT2D eigenvalue weighted by Crippen LogP contribution is 2.13. The lowest BCUT2D eigenvalue weighted by Crippen LogP contribution is -2.20. The molecule has 37 heavy (non-hydrogen) atoms. The molecule has 1 aromatic rings. The molecule has 0 aromatic heterocycles. The summed E-state index contributed by atoms with van der Waals surface area (Å²) >= 11 is 0. The molecule has 2 nitrogen and oxygen atoms in total. The van der Waals surface area contributed by atoms with E-state index < -0.39 is 0 Å². The normalized spacial score (nSPS) is 10.8. The minimum Gasteiger partial charge on any atom is -0.379 e. The molecule has 3 heteroatoms. The van der Waals surface area contributed by atoms with Crippen molar-refractivity contribution in [1.29, 1.82) is 0 Å². The maximum Gasteiger partial charge on any atom is 0.0894 e. The number of ether oxygens (including phenoxy) is 2. The van der Waals surface area contributed by atoms with Crippen LogP contribution < -0.4 is 0 Å². The lowest BCUT2D eigenvalue weighted by Gasteiger charge is -2.17. The number of hydrogen-bond donors (Lipinski definition) is 0. The zero-order valence-electron chi connectivity index (χ0n) is 26.3. The van der Waals surface area contributed by atoms with E-state index in [1.165, 1.54) is 82.6 Å². The van der Waals surface area contributed by atoms with Gasteiger partial charge in [-0.2, -0.15) is 0 Å². The minimum absolute atomic E-state index is 0.142.